The summed E-state index contributed by atoms with van der Waals surface area (Å²) in [5.74, 6) is 0. The molecule has 2 fully saturated rings. The molecule has 5 rings (SSSR count). The molecule has 0 atom stereocenters. The van der Waals surface area contributed by atoms with E-state index in [2.05, 4.69) is 66.6 Å². The van der Waals surface area contributed by atoms with Crippen LogP contribution in [0.1, 0.15) is 50.7 Å². The van der Waals surface area contributed by atoms with Crippen LogP contribution in [0.2, 0.25) is 0 Å². The molecule has 4 nitrogen and oxygen atoms in total. The smallest absolute Gasteiger partial charge is 0.201 e. The number of nitrogens with zero attached hydrogens (tertiary/aromatic N) is 4. The Hall–Kier alpha value is -1.98. The zero-order valence-corrected chi connectivity index (χ0v) is 21.0. The van der Waals surface area contributed by atoms with Crippen LogP contribution in [0.5, 0.6) is 0 Å². The summed E-state index contributed by atoms with van der Waals surface area (Å²) in [6.45, 7) is 9.19. The van der Waals surface area contributed by atoms with Crippen molar-refractivity contribution in [1.29, 1.82) is 0 Å². The molecule has 2 aliphatic heterocycles. The second kappa shape index (κ2) is 9.11. The molecule has 1 saturated carbocycles. The van der Waals surface area contributed by atoms with Crippen molar-refractivity contribution in [3.05, 3.63) is 40.7 Å². The fourth-order valence-electron chi connectivity index (χ4n) is 5.53. The van der Waals surface area contributed by atoms with Crippen LogP contribution in [0, 0.1) is 0 Å². The summed E-state index contributed by atoms with van der Waals surface area (Å²) < 4.78 is 3.52. The minimum Gasteiger partial charge on any atom is -0.369 e. The van der Waals surface area contributed by atoms with Gasteiger partial charge in [-0.3, -0.25) is 4.90 Å². The van der Waals surface area contributed by atoms with Crippen LogP contribution >= 0.6 is 11.3 Å². The molecule has 2 aliphatic carbocycles. The van der Waals surface area contributed by atoms with Crippen molar-refractivity contribution in [3.63, 3.8) is 0 Å². The summed E-state index contributed by atoms with van der Waals surface area (Å²) in [5, 5.41) is 1.27. The van der Waals surface area contributed by atoms with E-state index in [1.54, 1.807) is 0 Å². The van der Waals surface area contributed by atoms with E-state index >= 15 is 0 Å². The standard InChI is InChI=1S/C27H37N4S/c1-5-19-15-22(29(3)4)17-24-26(19)28-27-20(6-2)16-23(18-25(27)32-24)31-13-11-30(12-14-31)21-9-7-8-10-21/h15-18,21H,5-14H2,1-4H3/q+1. The lowest BCUT2D eigenvalue weighted by Crippen LogP contribution is -2.49. The lowest BCUT2D eigenvalue weighted by molar-refractivity contribution is 0.187. The van der Waals surface area contributed by atoms with Gasteiger partial charge in [0.2, 0.25) is 5.36 Å². The summed E-state index contributed by atoms with van der Waals surface area (Å²) >= 11 is 1.91. The van der Waals surface area contributed by atoms with E-state index in [1.165, 1.54) is 81.7 Å². The number of fused-ring (bicyclic) bond motifs is 2. The Bertz CT molecular complexity index is 1150. The van der Waals surface area contributed by atoms with Crippen molar-refractivity contribution >= 4 is 27.2 Å². The van der Waals surface area contributed by atoms with Gasteiger partial charge in [0.15, 0.2) is 0 Å². The fraction of sp³-hybridized carbons (Fsp3) is 0.556. The number of rotatable bonds is 4. The first kappa shape index (κ1) is 21.8. The third-order valence-electron chi connectivity index (χ3n) is 7.52. The van der Waals surface area contributed by atoms with Gasteiger partial charge < -0.3 is 4.90 Å². The van der Waals surface area contributed by atoms with Gasteiger partial charge in [0.25, 0.3) is 0 Å². The van der Waals surface area contributed by atoms with Gasteiger partial charge in [-0.05, 0) is 48.9 Å². The molecule has 1 aromatic rings. The van der Waals surface area contributed by atoms with Crippen molar-refractivity contribution in [2.45, 2.75) is 58.4 Å². The van der Waals surface area contributed by atoms with Gasteiger partial charge in [-0.2, -0.15) is 0 Å². The Morgan fingerprint density at radius 1 is 0.938 bits per heavy atom. The van der Waals surface area contributed by atoms with Gasteiger partial charge in [-0.25, -0.2) is 9.56 Å². The minimum atomic E-state index is 0.844. The molecule has 2 heterocycles. The molecule has 170 valence electrons. The quantitative estimate of drug-likeness (QED) is 0.429. The molecule has 32 heavy (non-hydrogen) atoms. The average molecular weight is 450 g/mol. The van der Waals surface area contributed by atoms with Crippen LogP contribution in [0.3, 0.4) is 0 Å². The molecule has 1 saturated heterocycles. The number of piperazine rings is 1. The van der Waals surface area contributed by atoms with E-state index in [1.807, 2.05) is 11.3 Å². The van der Waals surface area contributed by atoms with E-state index in [4.69, 9.17) is 4.98 Å². The first-order chi connectivity index (χ1) is 15.6. The molecule has 0 amide bonds. The van der Waals surface area contributed by atoms with Gasteiger partial charge in [0.1, 0.15) is 14.1 Å². The van der Waals surface area contributed by atoms with Crippen LogP contribution < -0.4 is 14.8 Å². The normalized spacial score (nSPS) is 18.2. The van der Waals surface area contributed by atoms with Crippen molar-refractivity contribution in [1.82, 2.24) is 14.5 Å². The zero-order valence-electron chi connectivity index (χ0n) is 20.2. The Kier molecular flexibility index (Phi) is 6.22. The van der Waals surface area contributed by atoms with Gasteiger partial charge in [-0.1, -0.05) is 26.7 Å². The highest BCUT2D eigenvalue weighted by molar-refractivity contribution is 7.21. The molecule has 0 radical (unpaired) electrons. The summed E-state index contributed by atoms with van der Waals surface area (Å²) in [4.78, 5) is 11.9. The fourth-order valence-corrected chi connectivity index (χ4v) is 6.68. The van der Waals surface area contributed by atoms with E-state index in [0.29, 0.717) is 0 Å². The van der Waals surface area contributed by atoms with Crippen molar-refractivity contribution in [2.75, 3.05) is 45.2 Å². The second-order valence-corrected chi connectivity index (χ2v) is 10.8. The van der Waals surface area contributed by atoms with Crippen LogP contribution in [-0.4, -0.2) is 56.2 Å². The predicted octanol–water partition coefficient (Wildman–Crippen LogP) is 4.62. The van der Waals surface area contributed by atoms with Crippen molar-refractivity contribution < 1.29 is 0 Å². The minimum absolute atomic E-state index is 0.844. The monoisotopic (exact) mass is 449 g/mol. The Morgan fingerprint density at radius 2 is 1.66 bits per heavy atom. The predicted molar refractivity (Wildman–Crippen MR) is 138 cm³/mol. The van der Waals surface area contributed by atoms with E-state index in [0.717, 1.165) is 32.0 Å². The number of anilines is 1. The average Bonchev–Trinajstić information content (AvgIpc) is 3.36. The molecule has 0 N–H and O–H groups in total. The van der Waals surface area contributed by atoms with Gasteiger partial charge in [0, 0.05) is 50.0 Å². The lowest BCUT2D eigenvalue weighted by Gasteiger charge is -2.39. The van der Waals surface area contributed by atoms with Gasteiger partial charge in [-0.15, -0.1) is 11.3 Å². The summed E-state index contributed by atoms with van der Waals surface area (Å²) in [6.07, 6.45) is 7.69. The zero-order chi connectivity index (χ0) is 22.2. The number of benzene rings is 2. The Labute approximate surface area is 196 Å². The SMILES string of the molecule is CCc1cc(=[N+](C)C)cc2sc3cc(N4CCN(C5CCCC5)CC4)cc(CC)c3nc1-2. The lowest BCUT2D eigenvalue weighted by atomic mass is 10.1. The van der Waals surface area contributed by atoms with Crippen LogP contribution in [0.15, 0.2) is 24.3 Å². The Morgan fingerprint density at radius 3 is 2.31 bits per heavy atom. The van der Waals surface area contributed by atoms with Gasteiger partial charge in [0.05, 0.1) is 20.8 Å². The summed E-state index contributed by atoms with van der Waals surface area (Å²) in [5.41, 5.74) is 6.50. The first-order valence-electron chi connectivity index (χ1n) is 12.5. The number of hydrogen-bond acceptors (Lipinski definition) is 4. The topological polar surface area (TPSA) is 22.4 Å². The van der Waals surface area contributed by atoms with E-state index in [9.17, 15) is 0 Å². The maximum Gasteiger partial charge on any atom is 0.201 e. The molecule has 5 heteroatoms. The molecule has 0 unspecified atom stereocenters. The highest BCUT2D eigenvalue weighted by Gasteiger charge is 2.26. The first-order valence-corrected chi connectivity index (χ1v) is 13.3. The summed E-state index contributed by atoms with van der Waals surface area (Å²) in [6, 6.07) is 10.3. The van der Waals surface area contributed by atoms with Crippen molar-refractivity contribution in [2.24, 2.45) is 0 Å². The van der Waals surface area contributed by atoms with E-state index in [-0.39, 0.29) is 0 Å². The number of hydrogen-bond donors (Lipinski definition) is 0. The molecular formula is C27H37N4S+. The van der Waals surface area contributed by atoms with Crippen molar-refractivity contribution in [3.8, 4) is 10.6 Å². The third-order valence-corrected chi connectivity index (χ3v) is 8.58. The van der Waals surface area contributed by atoms with Crippen LogP contribution in [0.25, 0.3) is 20.8 Å². The third kappa shape index (κ3) is 4.06. The molecule has 0 bridgehead atoms. The summed E-state index contributed by atoms with van der Waals surface area (Å²) in [7, 11) is 4.25. The molecule has 0 aromatic heterocycles. The highest BCUT2D eigenvalue weighted by atomic mass is 32.1. The molecule has 4 aliphatic rings. The molecule has 1 aromatic carbocycles. The molecular weight excluding hydrogens is 412 g/mol. The second-order valence-electron chi connectivity index (χ2n) is 9.68. The maximum atomic E-state index is 5.24. The Balaban J connectivity index is 1.53. The van der Waals surface area contributed by atoms with E-state index < -0.39 is 0 Å². The maximum absolute atomic E-state index is 5.24. The molecule has 0 spiro atoms. The van der Waals surface area contributed by atoms with Crippen LogP contribution in [0.4, 0.5) is 5.69 Å². The van der Waals surface area contributed by atoms with Gasteiger partial charge >= 0.3 is 0 Å². The van der Waals surface area contributed by atoms with Crippen LogP contribution in [-0.2, 0) is 12.8 Å². The largest absolute Gasteiger partial charge is 0.369 e. The highest BCUT2D eigenvalue weighted by Crippen LogP contribution is 2.36. The number of aromatic nitrogens is 1. The number of aryl methyl sites for hydroxylation is 2.